The Kier molecular flexibility index (Phi) is 6.21. The summed E-state index contributed by atoms with van der Waals surface area (Å²) in [5.41, 5.74) is -1.84. The second-order valence-electron chi connectivity index (χ2n) is 8.18. The smallest absolute Gasteiger partial charge is 0.497 e. The Bertz CT molecular complexity index is 540. The van der Waals surface area contributed by atoms with Crippen molar-refractivity contribution in [1.29, 1.82) is 0 Å². The Balaban J connectivity index is 2.01. The van der Waals surface area contributed by atoms with E-state index in [1.807, 2.05) is 0 Å². The van der Waals surface area contributed by atoms with E-state index in [0.29, 0.717) is 5.92 Å². The molecule has 1 saturated heterocycles. The minimum Gasteiger partial charge on any atom is -0.497 e. The first-order valence-corrected chi connectivity index (χ1v) is 9.27. The molecule has 1 heterocycles. The van der Waals surface area contributed by atoms with E-state index in [-0.39, 0.29) is 6.32 Å². The van der Waals surface area contributed by atoms with Gasteiger partial charge >= 0.3 is 19.1 Å². The molecule has 1 saturated carbocycles. The molecule has 0 amide bonds. The van der Waals surface area contributed by atoms with Crippen molar-refractivity contribution in [2.45, 2.75) is 83.6 Å². The fourth-order valence-electron chi connectivity index (χ4n) is 3.37. The summed E-state index contributed by atoms with van der Waals surface area (Å²) in [5.74, 6) is 6.08. The zero-order valence-corrected chi connectivity index (χ0v) is 16.2. The minimum absolute atomic E-state index is 0.222. The number of nitrogens with zero attached hydrogens (tertiary/aromatic N) is 1. The predicted octanol–water partition coefficient (Wildman–Crippen LogP) is 3.04. The maximum absolute atomic E-state index is 12.5. The standard InChI is InChI=1S/C19H30BNO4/c1-18(2)16(22)24-20(25-17(23)19(3,4)21(18)5)14-10-9-13-15-11-7-6-8-12-15/h15H,6-8,11-14H2,1-5H3. The van der Waals surface area contributed by atoms with Gasteiger partial charge in [0.1, 0.15) is 11.1 Å². The van der Waals surface area contributed by atoms with Crippen LogP contribution in [0.2, 0.25) is 6.32 Å². The highest BCUT2D eigenvalue weighted by Crippen LogP contribution is 2.29. The summed E-state index contributed by atoms with van der Waals surface area (Å²) >= 11 is 0. The third-order valence-electron chi connectivity index (χ3n) is 5.66. The quantitative estimate of drug-likeness (QED) is 0.568. The van der Waals surface area contributed by atoms with Crippen molar-refractivity contribution in [1.82, 2.24) is 4.90 Å². The van der Waals surface area contributed by atoms with Crippen molar-refractivity contribution in [2.24, 2.45) is 5.92 Å². The first kappa shape index (κ1) is 19.8. The summed E-state index contributed by atoms with van der Waals surface area (Å²) in [7, 11) is 0.790. The lowest BCUT2D eigenvalue weighted by atomic mass is 9.81. The second-order valence-corrected chi connectivity index (χ2v) is 8.18. The topological polar surface area (TPSA) is 55.8 Å². The summed E-state index contributed by atoms with van der Waals surface area (Å²) in [6.07, 6.45) is 7.50. The van der Waals surface area contributed by atoms with Crippen LogP contribution in [-0.4, -0.2) is 42.1 Å². The molecular weight excluding hydrogens is 317 g/mol. The molecule has 0 bridgehead atoms. The van der Waals surface area contributed by atoms with Crippen LogP contribution in [0.3, 0.4) is 0 Å². The fraction of sp³-hybridized carbons (Fsp3) is 0.789. The summed E-state index contributed by atoms with van der Waals surface area (Å²) < 4.78 is 10.8. The van der Waals surface area contributed by atoms with Crippen molar-refractivity contribution >= 4 is 19.1 Å². The molecule has 2 rings (SSSR count). The van der Waals surface area contributed by atoms with Crippen molar-refractivity contribution in [3.63, 3.8) is 0 Å². The van der Waals surface area contributed by atoms with Crippen molar-refractivity contribution in [2.75, 3.05) is 7.05 Å². The van der Waals surface area contributed by atoms with Gasteiger partial charge in [0.2, 0.25) is 0 Å². The van der Waals surface area contributed by atoms with Crippen LogP contribution in [0.1, 0.15) is 66.2 Å². The number of carbonyl (C=O) groups excluding carboxylic acids is 2. The lowest BCUT2D eigenvalue weighted by Crippen LogP contribution is -2.64. The maximum atomic E-state index is 12.5. The molecule has 2 fully saturated rings. The highest BCUT2D eigenvalue weighted by Gasteiger charge is 2.50. The van der Waals surface area contributed by atoms with E-state index in [1.165, 1.54) is 32.1 Å². The average molecular weight is 347 g/mol. The van der Waals surface area contributed by atoms with Crippen LogP contribution >= 0.6 is 0 Å². The molecule has 1 aliphatic heterocycles. The van der Waals surface area contributed by atoms with Crippen LogP contribution in [0.4, 0.5) is 0 Å². The van der Waals surface area contributed by atoms with E-state index < -0.39 is 30.1 Å². The Morgan fingerprint density at radius 1 is 1.00 bits per heavy atom. The lowest BCUT2D eigenvalue weighted by Gasteiger charge is -2.45. The SMILES string of the molecule is CN1C(C)(C)C(=O)OB(CC#CCC2CCCCC2)OC(=O)C1(C)C. The van der Waals surface area contributed by atoms with Gasteiger partial charge in [0.25, 0.3) is 0 Å². The van der Waals surface area contributed by atoms with E-state index in [0.717, 1.165) is 6.42 Å². The van der Waals surface area contributed by atoms with Gasteiger partial charge in [0.15, 0.2) is 0 Å². The molecule has 0 radical (unpaired) electrons. The third kappa shape index (κ3) is 4.58. The van der Waals surface area contributed by atoms with E-state index in [4.69, 9.17) is 9.31 Å². The van der Waals surface area contributed by atoms with Gasteiger partial charge in [-0.15, -0.1) is 11.8 Å². The minimum atomic E-state index is -0.939. The number of rotatable bonds is 2. The van der Waals surface area contributed by atoms with Crippen LogP contribution < -0.4 is 0 Å². The highest BCUT2D eigenvalue weighted by molar-refractivity contribution is 6.50. The molecule has 0 unspecified atom stereocenters. The normalized spacial score (nSPS) is 24.4. The van der Waals surface area contributed by atoms with Crippen LogP contribution in [0, 0.1) is 17.8 Å². The maximum Gasteiger partial charge on any atom is 0.611 e. The van der Waals surface area contributed by atoms with Crippen LogP contribution in [0.5, 0.6) is 0 Å². The monoisotopic (exact) mass is 347 g/mol. The molecule has 0 aromatic heterocycles. The summed E-state index contributed by atoms with van der Waals surface area (Å²) in [4.78, 5) is 26.7. The number of carbonyl (C=O) groups is 2. The second kappa shape index (κ2) is 7.82. The molecule has 0 aromatic carbocycles. The average Bonchev–Trinajstić information content (AvgIpc) is 2.57. The van der Waals surface area contributed by atoms with Gasteiger partial charge in [-0.25, -0.2) is 0 Å². The Labute approximate surface area is 151 Å². The molecule has 0 spiro atoms. The first-order valence-electron chi connectivity index (χ1n) is 9.27. The third-order valence-corrected chi connectivity index (χ3v) is 5.66. The van der Waals surface area contributed by atoms with Gasteiger partial charge in [0.05, 0.1) is 6.32 Å². The summed E-state index contributed by atoms with van der Waals surface area (Å²) in [5, 5.41) is 0. The van der Waals surface area contributed by atoms with Gasteiger partial charge in [0, 0.05) is 6.42 Å². The Morgan fingerprint density at radius 3 is 2.04 bits per heavy atom. The van der Waals surface area contributed by atoms with Crippen LogP contribution in [0.25, 0.3) is 0 Å². The van der Waals surface area contributed by atoms with E-state index in [9.17, 15) is 9.59 Å². The predicted molar refractivity (Wildman–Crippen MR) is 97.6 cm³/mol. The van der Waals surface area contributed by atoms with E-state index >= 15 is 0 Å². The molecule has 0 atom stereocenters. The zero-order chi connectivity index (χ0) is 18.7. The lowest BCUT2D eigenvalue weighted by molar-refractivity contribution is -0.166. The first-order chi connectivity index (χ1) is 11.7. The fourth-order valence-corrected chi connectivity index (χ4v) is 3.37. The molecule has 25 heavy (non-hydrogen) atoms. The van der Waals surface area contributed by atoms with Gasteiger partial charge in [-0.1, -0.05) is 19.3 Å². The van der Waals surface area contributed by atoms with E-state index in [2.05, 4.69) is 11.8 Å². The molecule has 1 aliphatic carbocycles. The Morgan fingerprint density at radius 2 is 1.52 bits per heavy atom. The molecule has 0 N–H and O–H groups in total. The van der Waals surface area contributed by atoms with Gasteiger partial charge in [-0.05, 0) is 53.5 Å². The molecule has 0 aromatic rings. The number of hydrogen-bond acceptors (Lipinski definition) is 5. The number of hydrogen-bond donors (Lipinski definition) is 0. The molecular formula is C19H30BNO4. The highest BCUT2D eigenvalue weighted by atomic mass is 16.6. The number of likely N-dealkylation sites (N-methyl/N-ethyl adjacent to an activating group) is 1. The van der Waals surface area contributed by atoms with Crippen LogP contribution in [0.15, 0.2) is 0 Å². The molecule has 2 aliphatic rings. The summed E-state index contributed by atoms with van der Waals surface area (Å²) in [6, 6.07) is 0. The van der Waals surface area contributed by atoms with Crippen molar-refractivity contribution in [3.05, 3.63) is 0 Å². The zero-order valence-electron chi connectivity index (χ0n) is 16.2. The van der Waals surface area contributed by atoms with Crippen molar-refractivity contribution in [3.8, 4) is 11.8 Å². The molecule has 5 nitrogen and oxygen atoms in total. The van der Waals surface area contributed by atoms with Gasteiger partial charge in [-0.3, -0.25) is 14.5 Å². The van der Waals surface area contributed by atoms with Crippen molar-refractivity contribution < 1.29 is 18.9 Å². The van der Waals surface area contributed by atoms with Gasteiger partial charge < -0.3 is 9.31 Å². The van der Waals surface area contributed by atoms with Crippen LogP contribution in [-0.2, 0) is 18.9 Å². The molecule has 138 valence electrons. The molecule has 6 heteroatoms. The Hall–Kier alpha value is -1.48. The summed E-state index contributed by atoms with van der Waals surface area (Å²) in [6.45, 7) is 7.01. The van der Waals surface area contributed by atoms with Gasteiger partial charge in [-0.2, -0.15) is 0 Å². The van der Waals surface area contributed by atoms with E-state index in [1.54, 1.807) is 39.6 Å². The largest absolute Gasteiger partial charge is 0.611 e.